The normalized spacial score (nSPS) is 12.1. The molecular formula is C9H9NOS. The van der Waals surface area contributed by atoms with E-state index in [0.717, 1.165) is 4.90 Å². The molecule has 0 radical (unpaired) electrons. The van der Waals surface area contributed by atoms with Crippen molar-refractivity contribution >= 4 is 11.8 Å². The number of benzene rings is 1. The first kappa shape index (κ1) is 9.11. The van der Waals surface area contributed by atoms with E-state index in [-0.39, 0.29) is 0 Å². The average molecular weight is 179 g/mol. The number of aliphatic hydroxyl groups excluding tert-OH is 1. The highest BCUT2D eigenvalue weighted by atomic mass is 32.2. The Morgan fingerprint density at radius 2 is 2.33 bits per heavy atom. The number of thioether (sulfide) groups is 1. The lowest BCUT2D eigenvalue weighted by Crippen LogP contribution is -1.90. The Kier molecular flexibility index (Phi) is 3.15. The molecule has 0 fully saturated rings. The first-order valence-electron chi connectivity index (χ1n) is 3.57. The molecule has 0 aliphatic rings. The van der Waals surface area contributed by atoms with Crippen LogP contribution in [0, 0.1) is 11.3 Å². The molecule has 3 heteroatoms. The van der Waals surface area contributed by atoms with E-state index in [1.54, 1.807) is 19.1 Å². The van der Waals surface area contributed by atoms with Gasteiger partial charge in [-0.05, 0) is 25.1 Å². The van der Waals surface area contributed by atoms with Crippen molar-refractivity contribution in [3.05, 3.63) is 29.8 Å². The van der Waals surface area contributed by atoms with Gasteiger partial charge in [0.05, 0.1) is 11.6 Å². The van der Waals surface area contributed by atoms with Crippen molar-refractivity contribution in [2.45, 2.75) is 17.3 Å². The van der Waals surface area contributed by atoms with Gasteiger partial charge in [0.25, 0.3) is 0 Å². The third kappa shape index (κ3) is 2.57. The van der Waals surface area contributed by atoms with Crippen LogP contribution in [0.1, 0.15) is 12.5 Å². The molecule has 1 N–H and O–H groups in total. The van der Waals surface area contributed by atoms with E-state index in [0.29, 0.717) is 5.56 Å². The van der Waals surface area contributed by atoms with Crippen LogP contribution in [0.2, 0.25) is 0 Å². The number of nitrogens with zero attached hydrogens (tertiary/aromatic N) is 1. The molecule has 12 heavy (non-hydrogen) atoms. The molecule has 1 atom stereocenters. The van der Waals surface area contributed by atoms with Gasteiger partial charge in [-0.25, -0.2) is 0 Å². The summed E-state index contributed by atoms with van der Waals surface area (Å²) >= 11 is 1.33. The molecular weight excluding hydrogens is 170 g/mol. The molecule has 0 bridgehead atoms. The van der Waals surface area contributed by atoms with Gasteiger partial charge in [-0.1, -0.05) is 17.8 Å². The monoisotopic (exact) mass is 179 g/mol. The second kappa shape index (κ2) is 4.15. The second-order valence-corrected chi connectivity index (χ2v) is 3.75. The van der Waals surface area contributed by atoms with E-state index in [1.807, 2.05) is 18.2 Å². The number of hydrogen-bond donors (Lipinski definition) is 1. The van der Waals surface area contributed by atoms with Gasteiger partial charge in [0.2, 0.25) is 0 Å². The highest BCUT2D eigenvalue weighted by Crippen LogP contribution is 2.21. The molecule has 0 aromatic heterocycles. The molecule has 1 aromatic rings. The van der Waals surface area contributed by atoms with Crippen LogP contribution in [0.25, 0.3) is 0 Å². The number of nitriles is 1. The van der Waals surface area contributed by atoms with E-state index < -0.39 is 5.44 Å². The third-order valence-corrected chi connectivity index (χ3v) is 2.14. The minimum absolute atomic E-state index is 0.432. The molecule has 0 saturated heterocycles. The standard InChI is InChI=1S/C9H9NOS/c1-7(11)12-9-4-2-3-8(5-9)6-10/h2-5,7,11H,1H3. The van der Waals surface area contributed by atoms with Crippen LogP contribution in [-0.2, 0) is 0 Å². The zero-order chi connectivity index (χ0) is 8.97. The molecule has 1 unspecified atom stereocenters. The summed E-state index contributed by atoms with van der Waals surface area (Å²) in [7, 11) is 0. The van der Waals surface area contributed by atoms with Gasteiger partial charge in [-0.2, -0.15) is 5.26 Å². The zero-order valence-electron chi connectivity index (χ0n) is 6.69. The molecule has 2 nitrogen and oxygen atoms in total. The van der Waals surface area contributed by atoms with Crippen LogP contribution in [0.15, 0.2) is 29.2 Å². The van der Waals surface area contributed by atoms with Gasteiger partial charge >= 0.3 is 0 Å². The van der Waals surface area contributed by atoms with Crippen molar-refractivity contribution in [1.82, 2.24) is 0 Å². The minimum atomic E-state index is -0.432. The average Bonchev–Trinajstić information content (AvgIpc) is 2.03. The topological polar surface area (TPSA) is 44.0 Å². The maximum Gasteiger partial charge on any atom is 0.101 e. The third-order valence-electron chi connectivity index (χ3n) is 1.27. The first-order valence-corrected chi connectivity index (χ1v) is 4.45. The Balaban J connectivity index is 2.81. The van der Waals surface area contributed by atoms with Gasteiger partial charge in [0, 0.05) is 4.90 Å². The van der Waals surface area contributed by atoms with Gasteiger partial charge in [-0.15, -0.1) is 0 Å². The van der Waals surface area contributed by atoms with Crippen LogP contribution < -0.4 is 0 Å². The summed E-state index contributed by atoms with van der Waals surface area (Å²) in [6.07, 6.45) is 0. The van der Waals surface area contributed by atoms with E-state index in [1.165, 1.54) is 11.8 Å². The Bertz CT molecular complexity index is 304. The van der Waals surface area contributed by atoms with Crippen molar-refractivity contribution < 1.29 is 5.11 Å². The predicted octanol–water partition coefficient (Wildman–Crippen LogP) is 1.99. The lowest BCUT2D eigenvalue weighted by molar-refractivity contribution is 0.284. The number of hydrogen-bond acceptors (Lipinski definition) is 3. The largest absolute Gasteiger partial charge is 0.382 e. The molecule has 0 saturated carbocycles. The predicted molar refractivity (Wildman–Crippen MR) is 48.7 cm³/mol. The van der Waals surface area contributed by atoms with Gasteiger partial charge in [0.15, 0.2) is 0 Å². The summed E-state index contributed by atoms with van der Waals surface area (Å²) < 4.78 is 0. The summed E-state index contributed by atoms with van der Waals surface area (Å²) in [6.45, 7) is 1.70. The molecule has 0 aliphatic heterocycles. The fraction of sp³-hybridized carbons (Fsp3) is 0.222. The van der Waals surface area contributed by atoms with E-state index in [2.05, 4.69) is 0 Å². The zero-order valence-corrected chi connectivity index (χ0v) is 7.51. The van der Waals surface area contributed by atoms with E-state index >= 15 is 0 Å². The van der Waals surface area contributed by atoms with Crippen molar-refractivity contribution in [1.29, 1.82) is 5.26 Å². The Hall–Kier alpha value is -0.980. The lowest BCUT2D eigenvalue weighted by atomic mass is 10.2. The van der Waals surface area contributed by atoms with E-state index in [4.69, 9.17) is 10.4 Å². The fourth-order valence-electron chi connectivity index (χ4n) is 0.836. The second-order valence-electron chi connectivity index (χ2n) is 2.36. The molecule has 0 aliphatic carbocycles. The molecule has 1 rings (SSSR count). The summed E-state index contributed by atoms with van der Waals surface area (Å²) in [5, 5.41) is 17.6. The quantitative estimate of drug-likeness (QED) is 0.557. The molecule has 1 aromatic carbocycles. The molecule has 0 amide bonds. The van der Waals surface area contributed by atoms with Gasteiger partial charge < -0.3 is 5.11 Å². The van der Waals surface area contributed by atoms with Crippen molar-refractivity contribution in [3.63, 3.8) is 0 Å². The fourth-order valence-corrected chi connectivity index (χ4v) is 1.58. The number of rotatable bonds is 2. The summed E-state index contributed by atoms with van der Waals surface area (Å²) in [5.41, 5.74) is 0.194. The van der Waals surface area contributed by atoms with E-state index in [9.17, 15) is 0 Å². The summed E-state index contributed by atoms with van der Waals surface area (Å²) in [6, 6.07) is 9.23. The van der Waals surface area contributed by atoms with Crippen LogP contribution in [0.5, 0.6) is 0 Å². The van der Waals surface area contributed by atoms with Crippen molar-refractivity contribution in [3.8, 4) is 6.07 Å². The van der Waals surface area contributed by atoms with Crippen LogP contribution >= 0.6 is 11.8 Å². The Labute approximate surface area is 75.8 Å². The smallest absolute Gasteiger partial charge is 0.101 e. The Morgan fingerprint density at radius 3 is 2.92 bits per heavy atom. The lowest BCUT2D eigenvalue weighted by Gasteiger charge is -2.02. The van der Waals surface area contributed by atoms with Crippen LogP contribution in [0.4, 0.5) is 0 Å². The summed E-state index contributed by atoms with van der Waals surface area (Å²) in [4.78, 5) is 0.920. The molecule has 62 valence electrons. The summed E-state index contributed by atoms with van der Waals surface area (Å²) in [5.74, 6) is 0. The first-order chi connectivity index (χ1) is 5.72. The number of aliphatic hydroxyl groups is 1. The van der Waals surface area contributed by atoms with Crippen molar-refractivity contribution in [2.75, 3.05) is 0 Å². The molecule has 0 heterocycles. The van der Waals surface area contributed by atoms with Gasteiger partial charge in [-0.3, -0.25) is 0 Å². The van der Waals surface area contributed by atoms with Crippen LogP contribution in [0.3, 0.4) is 0 Å². The highest BCUT2D eigenvalue weighted by molar-refractivity contribution is 7.99. The Morgan fingerprint density at radius 1 is 1.58 bits per heavy atom. The molecule has 0 spiro atoms. The highest BCUT2D eigenvalue weighted by Gasteiger charge is 1.99. The van der Waals surface area contributed by atoms with Crippen LogP contribution in [-0.4, -0.2) is 10.5 Å². The maximum absolute atomic E-state index is 9.05. The minimum Gasteiger partial charge on any atom is -0.382 e. The van der Waals surface area contributed by atoms with Crippen molar-refractivity contribution in [2.24, 2.45) is 0 Å². The van der Waals surface area contributed by atoms with Gasteiger partial charge in [0.1, 0.15) is 5.44 Å². The maximum atomic E-state index is 9.05. The SMILES string of the molecule is CC(O)Sc1cccc(C#N)c1.